The third kappa shape index (κ3) is 4.54. The first-order valence-corrected chi connectivity index (χ1v) is 18.3. The molecule has 0 radical (unpaired) electrons. The van der Waals surface area contributed by atoms with Gasteiger partial charge in [0.2, 0.25) is 11.6 Å². The molecule has 7 unspecified atom stereocenters. The number of benzene rings is 2. The summed E-state index contributed by atoms with van der Waals surface area (Å²) >= 11 is 0. The van der Waals surface area contributed by atoms with Gasteiger partial charge < -0.3 is 35.3 Å². The summed E-state index contributed by atoms with van der Waals surface area (Å²) in [6, 6.07) is 12.2. The second kappa shape index (κ2) is 11.0. The van der Waals surface area contributed by atoms with Crippen LogP contribution in [0, 0.1) is 11.8 Å². The van der Waals surface area contributed by atoms with E-state index in [1.807, 2.05) is 43.3 Å². The fourth-order valence-corrected chi connectivity index (χ4v) is 11.1. The molecule has 1 spiro atoms. The molecule has 11 nitrogen and oxygen atoms in total. The maximum atomic E-state index is 14.6. The molecule has 6 aliphatic rings. The van der Waals surface area contributed by atoms with Gasteiger partial charge in [-0.25, -0.2) is 0 Å². The summed E-state index contributed by atoms with van der Waals surface area (Å²) in [6.07, 6.45) is -3.40. The number of halogens is 3. The summed E-state index contributed by atoms with van der Waals surface area (Å²) in [7, 11) is 0. The minimum atomic E-state index is -4.54. The van der Waals surface area contributed by atoms with Gasteiger partial charge in [-0.15, -0.1) is 0 Å². The number of aliphatic hydroxyl groups excluding tert-OH is 1. The highest BCUT2D eigenvalue weighted by Gasteiger charge is 2.72. The number of rotatable bonds is 6. The number of piperazine rings is 1. The predicted octanol–water partition coefficient (Wildman–Crippen LogP) is 3.43. The second-order valence-electron chi connectivity index (χ2n) is 16.2. The highest BCUT2D eigenvalue weighted by Crippen LogP contribution is 2.61. The lowest BCUT2D eigenvalue weighted by Gasteiger charge is -2.66. The van der Waals surface area contributed by atoms with Crippen molar-refractivity contribution in [3.8, 4) is 0 Å². The van der Waals surface area contributed by atoms with Crippen LogP contribution in [0.5, 0.6) is 0 Å². The fraction of sp³-hybridized carbons (Fsp3) is 0.579. The molecule has 5 fully saturated rings. The van der Waals surface area contributed by atoms with E-state index in [0.717, 1.165) is 22.4 Å². The Labute approximate surface area is 298 Å². The van der Waals surface area contributed by atoms with Crippen molar-refractivity contribution < 1.29 is 42.8 Å². The minimum Gasteiger partial charge on any atom is -0.376 e. The maximum Gasteiger partial charge on any atom is 0.431 e. The number of ether oxygens (including phenoxy) is 1. The van der Waals surface area contributed by atoms with Crippen molar-refractivity contribution >= 4 is 22.7 Å². The van der Waals surface area contributed by atoms with Gasteiger partial charge in [0.05, 0.1) is 0 Å². The van der Waals surface area contributed by atoms with Crippen LogP contribution < -0.4 is 10.6 Å². The van der Waals surface area contributed by atoms with Crippen LogP contribution in [0.4, 0.5) is 13.2 Å². The number of aromatic nitrogens is 1. The first-order chi connectivity index (χ1) is 24.5. The molecule has 9 rings (SSSR count). The van der Waals surface area contributed by atoms with Crippen LogP contribution in [0.2, 0.25) is 0 Å². The molecule has 2 aliphatic carbocycles. The topological polar surface area (TPSA) is 150 Å². The Morgan fingerprint density at radius 3 is 2.54 bits per heavy atom. The second-order valence-corrected chi connectivity index (χ2v) is 16.2. The van der Waals surface area contributed by atoms with Crippen molar-refractivity contribution in [2.75, 3.05) is 0 Å². The van der Waals surface area contributed by atoms with E-state index in [0.29, 0.717) is 23.7 Å². The number of aliphatic hydroxyl groups is 3. The van der Waals surface area contributed by atoms with Gasteiger partial charge in [-0.3, -0.25) is 19.8 Å². The number of carbonyl (C=O) groups is 2. The van der Waals surface area contributed by atoms with E-state index in [1.165, 1.54) is 11.8 Å². The van der Waals surface area contributed by atoms with Crippen molar-refractivity contribution in [1.82, 2.24) is 25.4 Å². The number of hydrogen-bond acceptors (Lipinski definition) is 8. The predicted molar refractivity (Wildman–Crippen MR) is 181 cm³/mol. The van der Waals surface area contributed by atoms with Crippen molar-refractivity contribution in [2.24, 2.45) is 11.8 Å². The number of alkyl halides is 3. The van der Waals surface area contributed by atoms with E-state index in [9.17, 15) is 38.1 Å². The Morgan fingerprint density at radius 2 is 1.83 bits per heavy atom. The maximum absolute atomic E-state index is 14.6. The molecule has 52 heavy (non-hydrogen) atoms. The quantitative estimate of drug-likeness (QED) is 0.212. The number of nitrogens with zero attached hydrogens (tertiary/aromatic N) is 2. The minimum absolute atomic E-state index is 0.0225. The smallest absolute Gasteiger partial charge is 0.376 e. The molecular formula is C38H44F3N5O6. The largest absolute Gasteiger partial charge is 0.431 e. The van der Waals surface area contributed by atoms with E-state index in [2.05, 4.69) is 15.6 Å². The Hall–Kier alpha value is -3.53. The highest BCUT2D eigenvalue weighted by atomic mass is 19.4. The molecule has 11 atom stereocenters. The first kappa shape index (κ1) is 34.3. The summed E-state index contributed by atoms with van der Waals surface area (Å²) in [6.45, 7) is 5.05. The van der Waals surface area contributed by atoms with Crippen LogP contribution in [-0.4, -0.2) is 89.2 Å². The third-order valence-electron chi connectivity index (χ3n) is 13.3. The van der Waals surface area contributed by atoms with Crippen molar-refractivity contribution in [2.45, 2.75) is 125 Å². The van der Waals surface area contributed by atoms with Crippen LogP contribution in [0.15, 0.2) is 48.5 Å². The Kier molecular flexibility index (Phi) is 7.26. The molecule has 278 valence electrons. The molecule has 4 aliphatic heterocycles. The summed E-state index contributed by atoms with van der Waals surface area (Å²) in [5.41, 5.74) is -2.83. The van der Waals surface area contributed by atoms with Crippen LogP contribution >= 0.6 is 0 Å². The normalized spacial score (nSPS) is 39.1. The van der Waals surface area contributed by atoms with Crippen LogP contribution in [0.3, 0.4) is 0 Å². The molecule has 2 amide bonds. The van der Waals surface area contributed by atoms with Gasteiger partial charge in [0.1, 0.15) is 29.7 Å². The lowest BCUT2D eigenvalue weighted by molar-refractivity contribution is -0.325. The molecule has 1 saturated carbocycles. The van der Waals surface area contributed by atoms with Crippen molar-refractivity contribution in [3.63, 3.8) is 0 Å². The lowest BCUT2D eigenvalue weighted by Crippen LogP contribution is -2.78. The molecule has 3 aromatic rings. The summed E-state index contributed by atoms with van der Waals surface area (Å²) < 4.78 is 49.3. The number of aromatic amines is 1. The first-order valence-electron chi connectivity index (χ1n) is 18.3. The van der Waals surface area contributed by atoms with Gasteiger partial charge in [0.25, 0.3) is 11.8 Å². The molecule has 5 heterocycles. The number of fused-ring (bicyclic) bond motifs is 4. The summed E-state index contributed by atoms with van der Waals surface area (Å²) in [4.78, 5) is 33.5. The zero-order chi connectivity index (χ0) is 36.7. The lowest BCUT2D eigenvalue weighted by atomic mass is 9.49. The van der Waals surface area contributed by atoms with Crippen molar-refractivity contribution in [1.29, 1.82) is 0 Å². The standard InChI is InChI=1S/C38H44F3N5O6/c1-4-25-24-17-20(16-23-21-11-8-12-26-30(21)22(18-36(23,24)43-25)31(42-26)37(39,40)41)34(2,50)44-35(3)33(49)46-27(15-19-9-6-5-7-10-19)32(48)45-28(13-14-29(45)47)38(46,51)52-35/h5-12,20,23-25,27-29,42-44,47,50-51H,4,13-18H2,1-3H3/t20?,23-,24?,25?,27+,28+,29?,34?,35?,36?,38+/m1/s1. The molecule has 6 N–H and O–H groups in total. The average molecular weight is 724 g/mol. The van der Waals surface area contributed by atoms with Crippen LogP contribution in [-0.2, 0) is 33.3 Å². The van der Waals surface area contributed by atoms with Gasteiger partial charge in [-0.2, -0.15) is 13.2 Å². The summed E-state index contributed by atoms with van der Waals surface area (Å²) in [5, 5.41) is 42.9. The zero-order valence-electron chi connectivity index (χ0n) is 29.2. The molecule has 0 bridgehead atoms. The molecule has 1 aromatic heterocycles. The van der Waals surface area contributed by atoms with E-state index in [1.54, 1.807) is 19.1 Å². The average Bonchev–Trinajstić information content (AvgIpc) is 3.72. The Balaban J connectivity index is 1.06. The van der Waals surface area contributed by atoms with E-state index in [-0.39, 0.29) is 49.1 Å². The number of nitrogens with one attached hydrogen (secondary N) is 3. The number of carbonyl (C=O) groups excluding carboxylic acids is 2. The van der Waals surface area contributed by atoms with E-state index < -0.39 is 70.8 Å². The highest BCUT2D eigenvalue weighted by molar-refractivity contribution is 5.95. The molecule has 4 saturated heterocycles. The van der Waals surface area contributed by atoms with E-state index in [4.69, 9.17) is 4.74 Å². The number of hydrogen-bond donors (Lipinski definition) is 6. The number of H-pyrrole nitrogens is 1. The number of amides is 2. The zero-order valence-corrected chi connectivity index (χ0v) is 29.2. The Morgan fingerprint density at radius 1 is 1.08 bits per heavy atom. The van der Waals surface area contributed by atoms with Gasteiger partial charge in [0.15, 0.2) is 0 Å². The van der Waals surface area contributed by atoms with Gasteiger partial charge in [-0.1, -0.05) is 49.4 Å². The van der Waals surface area contributed by atoms with Gasteiger partial charge in [0, 0.05) is 40.7 Å². The molecule has 14 heteroatoms. The molecular weight excluding hydrogens is 679 g/mol. The fourth-order valence-electron chi connectivity index (χ4n) is 11.1. The van der Waals surface area contributed by atoms with E-state index >= 15 is 0 Å². The van der Waals surface area contributed by atoms with Crippen molar-refractivity contribution in [3.05, 3.63) is 70.9 Å². The molecule has 2 aromatic carbocycles. The van der Waals surface area contributed by atoms with Crippen LogP contribution in [0.25, 0.3) is 10.9 Å². The van der Waals surface area contributed by atoms with Gasteiger partial charge in [-0.05, 0) is 81.0 Å². The third-order valence-corrected chi connectivity index (χ3v) is 13.3. The van der Waals surface area contributed by atoms with Crippen LogP contribution in [0.1, 0.15) is 81.2 Å². The Bertz CT molecular complexity index is 1970. The SMILES string of the molecule is CCC1NC23Cc4c(C(F)(F)F)[nH]c5cccc(c45)[C@H]2CC(C(C)(O)NC2(C)O[C@@]4(O)[C@@H]5CCC(O)N5C(=O)[C@H](Cc5ccccc5)N4C2=O)CC13. The summed E-state index contributed by atoms with van der Waals surface area (Å²) in [5.74, 6) is -4.27. The monoisotopic (exact) mass is 723 g/mol. The van der Waals surface area contributed by atoms with Gasteiger partial charge >= 0.3 is 6.18 Å².